The fraction of sp³-hybridized carbons (Fsp3) is 0.391. The predicted molar refractivity (Wildman–Crippen MR) is 106 cm³/mol. The second-order valence-corrected chi connectivity index (χ2v) is 7.50. The van der Waals surface area contributed by atoms with E-state index in [2.05, 4.69) is 0 Å². The highest BCUT2D eigenvalue weighted by Crippen LogP contribution is 2.32. The van der Waals surface area contributed by atoms with Gasteiger partial charge in [0.1, 0.15) is 19.0 Å². The summed E-state index contributed by atoms with van der Waals surface area (Å²) >= 11 is 0. The fourth-order valence-electron chi connectivity index (χ4n) is 3.88. The van der Waals surface area contributed by atoms with Crippen LogP contribution in [0.4, 0.5) is 4.39 Å². The van der Waals surface area contributed by atoms with E-state index in [1.54, 1.807) is 30.3 Å². The number of Topliss-reactive ketones (excluding diaryl/α,β-unsaturated/α-hetero) is 1. The van der Waals surface area contributed by atoms with Gasteiger partial charge >= 0.3 is 0 Å². The molecule has 0 radical (unpaired) electrons. The summed E-state index contributed by atoms with van der Waals surface area (Å²) in [5, 5.41) is 0. The van der Waals surface area contributed by atoms with Gasteiger partial charge in [0.2, 0.25) is 5.91 Å². The van der Waals surface area contributed by atoms with Crippen molar-refractivity contribution in [2.75, 3.05) is 26.3 Å². The molecule has 2 aromatic rings. The van der Waals surface area contributed by atoms with Crippen molar-refractivity contribution < 1.29 is 23.5 Å². The van der Waals surface area contributed by atoms with Gasteiger partial charge in [-0.3, -0.25) is 9.59 Å². The lowest BCUT2D eigenvalue weighted by atomic mass is 9.88. The van der Waals surface area contributed by atoms with Crippen LogP contribution >= 0.6 is 0 Å². The average molecular weight is 397 g/mol. The third-order valence-electron chi connectivity index (χ3n) is 5.59. The maximum atomic E-state index is 13.0. The molecule has 0 spiro atoms. The lowest BCUT2D eigenvalue weighted by molar-refractivity contribution is -0.132. The number of piperidine rings is 1. The molecule has 0 aromatic heterocycles. The van der Waals surface area contributed by atoms with Crippen LogP contribution in [0, 0.1) is 11.7 Å². The number of rotatable bonds is 5. The molecule has 5 nitrogen and oxygen atoms in total. The van der Waals surface area contributed by atoms with Crippen LogP contribution in [0.3, 0.4) is 0 Å². The molecule has 2 heterocycles. The number of hydrogen-bond donors (Lipinski definition) is 0. The Bertz CT molecular complexity index is 888. The number of hydrogen-bond acceptors (Lipinski definition) is 4. The van der Waals surface area contributed by atoms with Crippen molar-refractivity contribution in [3.63, 3.8) is 0 Å². The van der Waals surface area contributed by atoms with E-state index in [1.807, 2.05) is 4.90 Å². The standard InChI is InChI=1S/C23H24FNO4/c24-19-5-1-16(2-6-19)3-8-22(26)25-11-9-17(10-12-25)23(27)18-4-7-20-21(15-18)29-14-13-28-20/h1-2,4-7,15,17H,3,8-14H2. The van der Waals surface area contributed by atoms with Crippen molar-refractivity contribution >= 4 is 11.7 Å². The molecule has 2 aliphatic heterocycles. The van der Waals surface area contributed by atoms with E-state index >= 15 is 0 Å². The molecule has 1 saturated heterocycles. The Hall–Kier alpha value is -2.89. The third kappa shape index (κ3) is 4.58. The molecule has 0 N–H and O–H groups in total. The number of fused-ring (bicyclic) bond motifs is 1. The first kappa shape index (κ1) is 19.4. The zero-order chi connectivity index (χ0) is 20.2. The molecule has 1 amide bonds. The molecule has 2 aromatic carbocycles. The molecule has 1 fully saturated rings. The Morgan fingerprint density at radius 1 is 0.966 bits per heavy atom. The van der Waals surface area contributed by atoms with Gasteiger partial charge in [-0.25, -0.2) is 4.39 Å². The molecule has 2 aliphatic rings. The fourth-order valence-corrected chi connectivity index (χ4v) is 3.88. The molecule has 6 heteroatoms. The molecular formula is C23H24FNO4. The first-order chi connectivity index (χ1) is 14.1. The van der Waals surface area contributed by atoms with Crippen molar-refractivity contribution in [1.29, 1.82) is 0 Å². The second-order valence-electron chi connectivity index (χ2n) is 7.50. The average Bonchev–Trinajstić information content (AvgIpc) is 2.78. The maximum absolute atomic E-state index is 13.0. The highest BCUT2D eigenvalue weighted by Gasteiger charge is 2.28. The van der Waals surface area contributed by atoms with Gasteiger partial charge in [0.15, 0.2) is 17.3 Å². The van der Waals surface area contributed by atoms with E-state index in [0.717, 1.165) is 5.56 Å². The van der Waals surface area contributed by atoms with Gasteiger partial charge in [-0.2, -0.15) is 0 Å². The number of benzene rings is 2. The minimum Gasteiger partial charge on any atom is -0.486 e. The van der Waals surface area contributed by atoms with E-state index in [-0.39, 0.29) is 23.4 Å². The summed E-state index contributed by atoms with van der Waals surface area (Å²) in [4.78, 5) is 27.2. The number of nitrogens with zero attached hydrogens (tertiary/aromatic N) is 1. The molecule has 0 bridgehead atoms. The normalized spacial score (nSPS) is 16.5. The first-order valence-corrected chi connectivity index (χ1v) is 10.1. The SMILES string of the molecule is O=C(c1ccc2c(c1)OCCO2)C1CCN(C(=O)CCc2ccc(F)cc2)CC1. The zero-order valence-corrected chi connectivity index (χ0v) is 16.2. The summed E-state index contributed by atoms with van der Waals surface area (Å²) in [5.41, 5.74) is 1.58. The monoisotopic (exact) mass is 397 g/mol. The molecule has 152 valence electrons. The zero-order valence-electron chi connectivity index (χ0n) is 16.2. The van der Waals surface area contributed by atoms with E-state index in [0.29, 0.717) is 69.0 Å². The molecule has 0 unspecified atom stereocenters. The first-order valence-electron chi connectivity index (χ1n) is 10.1. The number of amides is 1. The second kappa shape index (κ2) is 8.64. The van der Waals surface area contributed by atoms with Crippen molar-refractivity contribution in [2.45, 2.75) is 25.7 Å². The lowest BCUT2D eigenvalue weighted by Gasteiger charge is -2.31. The van der Waals surface area contributed by atoms with Gasteiger partial charge in [-0.1, -0.05) is 12.1 Å². The number of ketones is 1. The van der Waals surface area contributed by atoms with Crippen molar-refractivity contribution in [3.8, 4) is 11.5 Å². The van der Waals surface area contributed by atoms with Crippen LogP contribution < -0.4 is 9.47 Å². The Balaban J connectivity index is 1.29. The van der Waals surface area contributed by atoms with Crippen LogP contribution in [0.1, 0.15) is 35.2 Å². The number of ether oxygens (including phenoxy) is 2. The number of likely N-dealkylation sites (tertiary alicyclic amines) is 1. The van der Waals surface area contributed by atoms with Gasteiger partial charge in [-0.15, -0.1) is 0 Å². The summed E-state index contributed by atoms with van der Waals surface area (Å²) in [6.45, 7) is 2.18. The molecule has 0 aliphatic carbocycles. The lowest BCUT2D eigenvalue weighted by Crippen LogP contribution is -2.40. The smallest absolute Gasteiger partial charge is 0.222 e. The van der Waals surface area contributed by atoms with E-state index in [4.69, 9.17) is 9.47 Å². The van der Waals surface area contributed by atoms with E-state index in [1.165, 1.54) is 12.1 Å². The molecule has 0 saturated carbocycles. The number of carbonyl (C=O) groups excluding carboxylic acids is 2. The summed E-state index contributed by atoms with van der Waals surface area (Å²) < 4.78 is 24.0. The van der Waals surface area contributed by atoms with Crippen LogP contribution in [0.5, 0.6) is 11.5 Å². The minimum atomic E-state index is -0.273. The summed E-state index contributed by atoms with van der Waals surface area (Å²) in [6.07, 6.45) is 2.31. The summed E-state index contributed by atoms with van der Waals surface area (Å²) in [5.74, 6) is 1.12. The Labute approximate surface area is 169 Å². The topological polar surface area (TPSA) is 55.8 Å². The predicted octanol–water partition coefficient (Wildman–Crippen LogP) is 3.65. The number of aryl methyl sites for hydroxylation is 1. The molecule has 29 heavy (non-hydrogen) atoms. The summed E-state index contributed by atoms with van der Waals surface area (Å²) in [6, 6.07) is 11.6. The summed E-state index contributed by atoms with van der Waals surface area (Å²) in [7, 11) is 0. The molecule has 0 atom stereocenters. The Kier molecular flexibility index (Phi) is 5.79. The highest BCUT2D eigenvalue weighted by molar-refractivity contribution is 5.98. The van der Waals surface area contributed by atoms with Crippen LogP contribution in [0.25, 0.3) is 0 Å². The van der Waals surface area contributed by atoms with E-state index in [9.17, 15) is 14.0 Å². The van der Waals surface area contributed by atoms with Gasteiger partial charge in [0.05, 0.1) is 0 Å². The van der Waals surface area contributed by atoms with Gasteiger partial charge in [-0.05, 0) is 55.2 Å². The van der Waals surface area contributed by atoms with Crippen molar-refractivity contribution in [3.05, 3.63) is 59.4 Å². The molecular weight excluding hydrogens is 373 g/mol. The van der Waals surface area contributed by atoms with Gasteiger partial charge in [0.25, 0.3) is 0 Å². The highest BCUT2D eigenvalue weighted by atomic mass is 19.1. The Morgan fingerprint density at radius 2 is 1.66 bits per heavy atom. The van der Waals surface area contributed by atoms with Crippen LogP contribution in [0.2, 0.25) is 0 Å². The van der Waals surface area contributed by atoms with Crippen molar-refractivity contribution in [2.24, 2.45) is 5.92 Å². The minimum absolute atomic E-state index is 0.0829. The largest absolute Gasteiger partial charge is 0.486 e. The molecule has 4 rings (SSSR count). The van der Waals surface area contributed by atoms with Crippen LogP contribution in [-0.4, -0.2) is 42.9 Å². The number of halogens is 1. The van der Waals surface area contributed by atoms with Gasteiger partial charge in [0, 0.05) is 31.0 Å². The van der Waals surface area contributed by atoms with E-state index < -0.39 is 0 Å². The van der Waals surface area contributed by atoms with Crippen LogP contribution in [0.15, 0.2) is 42.5 Å². The third-order valence-corrected chi connectivity index (χ3v) is 5.59. The van der Waals surface area contributed by atoms with Gasteiger partial charge < -0.3 is 14.4 Å². The van der Waals surface area contributed by atoms with Crippen molar-refractivity contribution in [1.82, 2.24) is 4.90 Å². The Morgan fingerprint density at radius 3 is 2.38 bits per heavy atom. The quantitative estimate of drug-likeness (QED) is 0.723. The number of carbonyl (C=O) groups is 2. The van der Waals surface area contributed by atoms with Crippen LogP contribution in [-0.2, 0) is 11.2 Å². The maximum Gasteiger partial charge on any atom is 0.222 e.